The van der Waals surface area contributed by atoms with E-state index in [0.29, 0.717) is 16.7 Å². The average Bonchev–Trinajstić information content (AvgIpc) is 2.88. The van der Waals surface area contributed by atoms with Crippen molar-refractivity contribution in [1.82, 2.24) is 0 Å². The Morgan fingerprint density at radius 1 is 0.500 bits per heavy atom. The molecule has 0 fully saturated rings. The van der Waals surface area contributed by atoms with E-state index in [-0.39, 0.29) is 32.4 Å². The maximum Gasteiger partial charge on any atom is 0.234 e. The number of benzene rings is 5. The van der Waals surface area contributed by atoms with Crippen molar-refractivity contribution in [3.8, 4) is 22.3 Å². The third kappa shape index (κ3) is 3.35. The third-order valence-corrected chi connectivity index (χ3v) is 8.47. The van der Waals surface area contributed by atoms with Gasteiger partial charge in [-0.2, -0.15) is 0 Å². The van der Waals surface area contributed by atoms with Crippen molar-refractivity contribution in [1.29, 1.82) is 0 Å². The summed E-state index contributed by atoms with van der Waals surface area (Å²) < 4.78 is 0. The Hall–Kier alpha value is -3.66. The number of hydrogen-bond acceptors (Lipinski definition) is 4. The molecular formula is C32H30O4. The molecule has 0 atom stereocenters. The van der Waals surface area contributed by atoms with Crippen LogP contribution < -0.4 is 21.7 Å². The smallest absolute Gasteiger partial charge is 0.234 e. The lowest BCUT2D eigenvalue weighted by Gasteiger charge is -2.25. The molecule has 2 aliphatic carbocycles. The average molecular weight is 479 g/mol. The van der Waals surface area contributed by atoms with Gasteiger partial charge < -0.3 is 0 Å². The van der Waals surface area contributed by atoms with E-state index in [4.69, 9.17) is 0 Å². The molecule has 0 saturated heterocycles. The zero-order valence-corrected chi connectivity index (χ0v) is 21.7. The maximum atomic E-state index is 13.3. The van der Waals surface area contributed by atoms with E-state index in [0.717, 1.165) is 24.0 Å². The van der Waals surface area contributed by atoms with Gasteiger partial charge in [-0.25, -0.2) is 0 Å². The molecule has 3 aromatic rings. The van der Waals surface area contributed by atoms with Crippen LogP contribution >= 0.6 is 0 Å². The van der Waals surface area contributed by atoms with Crippen molar-refractivity contribution >= 4 is 21.5 Å². The number of rotatable bonds is 5. The molecule has 4 nitrogen and oxygen atoms in total. The predicted molar refractivity (Wildman–Crippen MR) is 149 cm³/mol. The Morgan fingerprint density at radius 2 is 0.861 bits per heavy atom. The molecule has 0 N–H and O–H groups in total. The van der Waals surface area contributed by atoms with Crippen molar-refractivity contribution in [3.05, 3.63) is 101 Å². The fourth-order valence-corrected chi connectivity index (χ4v) is 5.11. The van der Waals surface area contributed by atoms with Gasteiger partial charge in [0.05, 0.1) is 0 Å². The molecule has 182 valence electrons. The first-order valence-corrected chi connectivity index (χ1v) is 12.6. The second-order valence-electron chi connectivity index (χ2n) is 11.3. The van der Waals surface area contributed by atoms with Crippen molar-refractivity contribution < 1.29 is 0 Å². The zero-order chi connectivity index (χ0) is 26.2. The molecular weight excluding hydrogens is 448 g/mol. The largest absolute Gasteiger partial charge is 0.285 e. The quantitative estimate of drug-likeness (QED) is 0.233. The minimum Gasteiger partial charge on any atom is -0.285 e. The molecule has 5 rings (SSSR count). The summed E-state index contributed by atoms with van der Waals surface area (Å²) >= 11 is 0. The van der Waals surface area contributed by atoms with Gasteiger partial charge in [0, 0.05) is 32.7 Å². The van der Waals surface area contributed by atoms with Gasteiger partial charge in [0.1, 0.15) is 0 Å². The molecule has 0 spiro atoms. The molecule has 0 bridgehead atoms. The monoisotopic (exact) mass is 478 g/mol. The Bertz CT molecular complexity index is 1720. The molecule has 0 aromatic heterocycles. The lowest BCUT2D eigenvalue weighted by atomic mass is 9.78. The topological polar surface area (TPSA) is 68.3 Å². The summed E-state index contributed by atoms with van der Waals surface area (Å²) in [7, 11) is 0. The third-order valence-electron chi connectivity index (χ3n) is 8.47. The molecule has 4 heteroatoms. The molecule has 0 heterocycles. The molecule has 0 unspecified atom stereocenters. The Kier molecular flexibility index (Phi) is 5.29. The van der Waals surface area contributed by atoms with Crippen LogP contribution in [-0.4, -0.2) is 0 Å². The van der Waals surface area contributed by atoms with Crippen LogP contribution in [0.4, 0.5) is 0 Å². The molecule has 3 aromatic carbocycles. The second kappa shape index (κ2) is 7.92. The van der Waals surface area contributed by atoms with Crippen molar-refractivity contribution in [2.45, 2.75) is 65.2 Å². The predicted octanol–water partition coefficient (Wildman–Crippen LogP) is 5.89. The fraction of sp³-hybridized carbons (Fsp3) is 0.312. The minimum absolute atomic E-state index is 0.0243. The van der Waals surface area contributed by atoms with Crippen LogP contribution in [0, 0.1) is 0 Å². The Morgan fingerprint density at radius 3 is 1.25 bits per heavy atom. The van der Waals surface area contributed by atoms with Gasteiger partial charge in [-0.1, -0.05) is 65.8 Å². The van der Waals surface area contributed by atoms with Gasteiger partial charge in [-0.05, 0) is 70.2 Å². The SMILES string of the molecule is CCC(C)(C)c1ccc(-c2cc3c4c(c2)c(=O)c(=O)c2cc(C(C)(C)CC)cc(c2-4)c(=O)c3=O)cc1. The summed E-state index contributed by atoms with van der Waals surface area (Å²) in [6.07, 6.45) is 1.76. The van der Waals surface area contributed by atoms with Crippen LogP contribution in [0.25, 0.3) is 43.8 Å². The lowest BCUT2D eigenvalue weighted by molar-refractivity contribution is 0.506. The molecule has 36 heavy (non-hydrogen) atoms. The van der Waals surface area contributed by atoms with Crippen LogP contribution in [0.2, 0.25) is 0 Å². The summed E-state index contributed by atoms with van der Waals surface area (Å²) in [6, 6.07) is 14.9. The highest BCUT2D eigenvalue weighted by Gasteiger charge is 2.29. The highest BCUT2D eigenvalue weighted by atomic mass is 16.2. The van der Waals surface area contributed by atoms with Crippen LogP contribution in [0.5, 0.6) is 0 Å². The zero-order valence-electron chi connectivity index (χ0n) is 21.7. The van der Waals surface area contributed by atoms with E-state index in [9.17, 15) is 19.2 Å². The summed E-state index contributed by atoms with van der Waals surface area (Å²) in [5.41, 5.74) is 1.46. The highest BCUT2D eigenvalue weighted by Crippen LogP contribution is 2.40. The Labute approximate surface area is 209 Å². The first-order chi connectivity index (χ1) is 16.9. The van der Waals surface area contributed by atoms with Gasteiger partial charge in [-0.3, -0.25) is 19.2 Å². The fourth-order valence-electron chi connectivity index (χ4n) is 5.11. The van der Waals surface area contributed by atoms with E-state index in [1.807, 2.05) is 45.0 Å². The molecule has 0 saturated carbocycles. The summed E-state index contributed by atoms with van der Waals surface area (Å²) in [5.74, 6) is 0. The van der Waals surface area contributed by atoms with E-state index in [2.05, 4.69) is 20.8 Å². The molecule has 0 amide bonds. The molecule has 2 aliphatic rings. The van der Waals surface area contributed by atoms with Crippen molar-refractivity contribution in [2.75, 3.05) is 0 Å². The van der Waals surface area contributed by atoms with Crippen LogP contribution in [0.3, 0.4) is 0 Å². The van der Waals surface area contributed by atoms with Crippen LogP contribution in [0.1, 0.15) is 65.5 Å². The first kappa shape index (κ1) is 24.1. The summed E-state index contributed by atoms with van der Waals surface area (Å²) in [6.45, 7) is 12.6. The van der Waals surface area contributed by atoms with Gasteiger partial charge in [0.25, 0.3) is 0 Å². The summed E-state index contributed by atoms with van der Waals surface area (Å²) in [4.78, 5) is 53.3. The first-order valence-electron chi connectivity index (χ1n) is 12.6. The Balaban J connectivity index is 1.87. The maximum absolute atomic E-state index is 13.3. The van der Waals surface area contributed by atoms with E-state index in [1.54, 1.807) is 24.3 Å². The van der Waals surface area contributed by atoms with Crippen molar-refractivity contribution in [2.24, 2.45) is 0 Å². The van der Waals surface area contributed by atoms with E-state index < -0.39 is 21.7 Å². The van der Waals surface area contributed by atoms with Gasteiger partial charge in [0.15, 0.2) is 0 Å². The normalized spacial score (nSPS) is 12.8. The van der Waals surface area contributed by atoms with Gasteiger partial charge >= 0.3 is 0 Å². The highest BCUT2D eigenvalue weighted by molar-refractivity contribution is 6.12. The molecule has 0 radical (unpaired) electrons. The standard InChI is InChI=1S/C32H30O4/c1-7-31(3,4)19-11-9-17(10-12-19)18-13-21-25-22(14-18)28(34)30(36)24-16-20(32(5,6)8-2)15-23(26(24)25)29(35)27(21)33/h9-16H,7-8H2,1-6H3. The second-order valence-corrected chi connectivity index (χ2v) is 11.3. The summed E-state index contributed by atoms with van der Waals surface area (Å²) in [5, 5.41) is 0.843. The lowest BCUT2D eigenvalue weighted by Crippen LogP contribution is -2.32. The molecule has 0 aliphatic heterocycles. The van der Waals surface area contributed by atoms with E-state index in [1.165, 1.54) is 5.56 Å². The van der Waals surface area contributed by atoms with Crippen LogP contribution in [0.15, 0.2) is 67.7 Å². The minimum atomic E-state index is -0.635. The van der Waals surface area contributed by atoms with Crippen molar-refractivity contribution in [3.63, 3.8) is 0 Å². The van der Waals surface area contributed by atoms with Gasteiger partial charge in [-0.15, -0.1) is 0 Å². The van der Waals surface area contributed by atoms with Gasteiger partial charge in [0.2, 0.25) is 21.7 Å². The van der Waals surface area contributed by atoms with Crippen LogP contribution in [-0.2, 0) is 10.8 Å². The number of hydrogen-bond donors (Lipinski definition) is 0. The van der Waals surface area contributed by atoms with E-state index >= 15 is 0 Å².